The highest BCUT2D eigenvalue weighted by molar-refractivity contribution is 5.76. The zero-order valence-corrected chi connectivity index (χ0v) is 11.3. The van der Waals surface area contributed by atoms with E-state index in [2.05, 4.69) is 12.2 Å². The molecule has 2 unspecified atom stereocenters. The van der Waals surface area contributed by atoms with Gasteiger partial charge in [-0.3, -0.25) is 4.79 Å². The smallest absolute Gasteiger partial charge is 0.317 e. The molecule has 0 aliphatic carbocycles. The highest BCUT2D eigenvalue weighted by Crippen LogP contribution is 2.19. The van der Waals surface area contributed by atoms with Crippen LogP contribution in [0.25, 0.3) is 0 Å². The molecule has 2 atom stereocenters. The number of carboxylic acids is 1. The Hall–Kier alpha value is -1.26. The molecule has 0 saturated carbocycles. The predicted molar refractivity (Wildman–Crippen MR) is 69.5 cm³/mol. The summed E-state index contributed by atoms with van der Waals surface area (Å²) in [6, 6.07) is -0.0647. The summed E-state index contributed by atoms with van der Waals surface area (Å²) in [6.07, 6.45) is 4.87. The maximum atomic E-state index is 12.1. The molecule has 1 aliphatic heterocycles. The number of amides is 2. The SMILES string of the molecule is CCC(CC(=O)O)NC(=O)N1CCCCC1CC. The number of nitrogens with one attached hydrogen (secondary N) is 1. The molecule has 104 valence electrons. The van der Waals surface area contributed by atoms with Crippen molar-refractivity contribution in [1.29, 1.82) is 0 Å². The van der Waals surface area contributed by atoms with Crippen molar-refractivity contribution in [2.75, 3.05) is 6.54 Å². The summed E-state index contributed by atoms with van der Waals surface area (Å²) in [5.41, 5.74) is 0. The van der Waals surface area contributed by atoms with Crippen LogP contribution in [0.15, 0.2) is 0 Å². The highest BCUT2D eigenvalue weighted by Gasteiger charge is 2.26. The van der Waals surface area contributed by atoms with Crippen LogP contribution in [0.1, 0.15) is 52.4 Å². The molecule has 0 aromatic rings. The van der Waals surface area contributed by atoms with Crippen LogP contribution < -0.4 is 5.32 Å². The molecule has 1 rings (SSSR count). The third-order valence-electron chi connectivity index (χ3n) is 3.60. The molecule has 1 heterocycles. The predicted octanol–water partition coefficient (Wildman–Crippen LogP) is 2.21. The van der Waals surface area contributed by atoms with Crippen molar-refractivity contribution in [1.82, 2.24) is 10.2 Å². The first-order valence-corrected chi connectivity index (χ1v) is 6.87. The molecule has 1 aliphatic rings. The second-order valence-electron chi connectivity index (χ2n) is 4.90. The third kappa shape index (κ3) is 4.20. The van der Waals surface area contributed by atoms with Crippen molar-refractivity contribution < 1.29 is 14.7 Å². The Morgan fingerprint density at radius 3 is 2.67 bits per heavy atom. The Morgan fingerprint density at radius 2 is 2.11 bits per heavy atom. The van der Waals surface area contributed by atoms with E-state index < -0.39 is 5.97 Å². The Kier molecular flexibility index (Phi) is 5.95. The van der Waals surface area contributed by atoms with Crippen molar-refractivity contribution in [2.45, 2.75) is 64.5 Å². The molecule has 0 spiro atoms. The maximum Gasteiger partial charge on any atom is 0.317 e. The van der Waals surface area contributed by atoms with E-state index in [1.165, 1.54) is 6.42 Å². The first-order valence-electron chi connectivity index (χ1n) is 6.87. The van der Waals surface area contributed by atoms with E-state index in [0.29, 0.717) is 12.5 Å². The van der Waals surface area contributed by atoms with E-state index in [1.54, 1.807) is 0 Å². The van der Waals surface area contributed by atoms with Gasteiger partial charge in [0.15, 0.2) is 0 Å². The third-order valence-corrected chi connectivity index (χ3v) is 3.60. The molecule has 0 radical (unpaired) electrons. The zero-order chi connectivity index (χ0) is 13.5. The minimum Gasteiger partial charge on any atom is -0.481 e. The number of hydrogen-bond donors (Lipinski definition) is 2. The van der Waals surface area contributed by atoms with E-state index in [1.807, 2.05) is 11.8 Å². The number of hydrogen-bond acceptors (Lipinski definition) is 2. The molecule has 5 nitrogen and oxygen atoms in total. The lowest BCUT2D eigenvalue weighted by Gasteiger charge is -2.36. The van der Waals surface area contributed by atoms with Gasteiger partial charge in [0.05, 0.1) is 6.42 Å². The summed E-state index contributed by atoms with van der Waals surface area (Å²) in [5.74, 6) is -0.868. The van der Waals surface area contributed by atoms with E-state index in [0.717, 1.165) is 25.8 Å². The molecule has 0 aromatic heterocycles. The average Bonchev–Trinajstić information content (AvgIpc) is 2.37. The second kappa shape index (κ2) is 7.24. The number of rotatable bonds is 5. The molecule has 1 fully saturated rings. The molecule has 0 aromatic carbocycles. The lowest BCUT2D eigenvalue weighted by atomic mass is 10.0. The lowest BCUT2D eigenvalue weighted by molar-refractivity contribution is -0.137. The Balaban J connectivity index is 2.53. The number of urea groups is 1. The van der Waals surface area contributed by atoms with E-state index in [-0.39, 0.29) is 18.5 Å². The molecule has 0 bridgehead atoms. The van der Waals surface area contributed by atoms with Gasteiger partial charge in [-0.05, 0) is 32.1 Å². The van der Waals surface area contributed by atoms with Crippen molar-refractivity contribution in [3.63, 3.8) is 0 Å². The van der Waals surface area contributed by atoms with Gasteiger partial charge in [0, 0.05) is 18.6 Å². The summed E-state index contributed by atoms with van der Waals surface area (Å²) in [6.45, 7) is 4.76. The second-order valence-corrected chi connectivity index (χ2v) is 4.90. The van der Waals surface area contributed by atoms with Gasteiger partial charge in [-0.15, -0.1) is 0 Å². The molecule has 2 N–H and O–H groups in total. The van der Waals surface area contributed by atoms with Gasteiger partial charge >= 0.3 is 12.0 Å². The van der Waals surface area contributed by atoms with E-state index in [9.17, 15) is 9.59 Å². The van der Waals surface area contributed by atoms with Crippen LogP contribution in [-0.4, -0.2) is 40.6 Å². The fraction of sp³-hybridized carbons (Fsp3) is 0.846. The van der Waals surface area contributed by atoms with E-state index >= 15 is 0 Å². The van der Waals surface area contributed by atoms with Gasteiger partial charge in [0.2, 0.25) is 0 Å². The van der Waals surface area contributed by atoms with Crippen LogP contribution in [0, 0.1) is 0 Å². The standard InChI is InChI=1S/C13H24N2O3/c1-3-10(9-12(16)17)14-13(18)15-8-6-5-7-11(15)4-2/h10-11H,3-9H2,1-2H3,(H,14,18)(H,16,17). The van der Waals surface area contributed by atoms with Crippen LogP contribution in [0.4, 0.5) is 4.79 Å². The molecular formula is C13H24N2O3. The Morgan fingerprint density at radius 1 is 1.39 bits per heavy atom. The minimum absolute atomic E-state index is 0.00707. The molecule has 1 saturated heterocycles. The van der Waals surface area contributed by atoms with Gasteiger partial charge in [0.1, 0.15) is 0 Å². The minimum atomic E-state index is -0.868. The van der Waals surface area contributed by atoms with Crippen LogP contribution >= 0.6 is 0 Å². The number of aliphatic carboxylic acids is 1. The fourth-order valence-corrected chi connectivity index (χ4v) is 2.46. The fourth-order valence-electron chi connectivity index (χ4n) is 2.46. The number of carbonyl (C=O) groups excluding carboxylic acids is 1. The van der Waals surface area contributed by atoms with Gasteiger partial charge in [-0.1, -0.05) is 13.8 Å². The summed E-state index contributed by atoms with van der Waals surface area (Å²) >= 11 is 0. The van der Waals surface area contributed by atoms with Crippen LogP contribution in [0.5, 0.6) is 0 Å². The molecule has 2 amide bonds. The topological polar surface area (TPSA) is 69.6 Å². The number of carbonyl (C=O) groups is 2. The van der Waals surface area contributed by atoms with Crippen molar-refractivity contribution >= 4 is 12.0 Å². The van der Waals surface area contributed by atoms with Crippen LogP contribution in [0.3, 0.4) is 0 Å². The first-order chi connectivity index (χ1) is 8.58. The Bertz CT molecular complexity index is 294. The summed E-state index contributed by atoms with van der Waals surface area (Å²) < 4.78 is 0. The van der Waals surface area contributed by atoms with Crippen molar-refractivity contribution in [2.24, 2.45) is 0 Å². The average molecular weight is 256 g/mol. The van der Waals surface area contributed by atoms with Crippen LogP contribution in [-0.2, 0) is 4.79 Å². The molecule has 5 heteroatoms. The summed E-state index contributed by atoms with van der Waals surface area (Å²) in [5, 5.41) is 11.6. The van der Waals surface area contributed by atoms with Gasteiger partial charge < -0.3 is 15.3 Å². The normalized spacial score (nSPS) is 21.4. The lowest BCUT2D eigenvalue weighted by Crippen LogP contribution is -2.51. The molecule has 18 heavy (non-hydrogen) atoms. The first kappa shape index (κ1) is 14.8. The number of nitrogens with zero attached hydrogens (tertiary/aromatic N) is 1. The quantitative estimate of drug-likeness (QED) is 0.792. The van der Waals surface area contributed by atoms with Gasteiger partial charge in [-0.25, -0.2) is 4.79 Å². The maximum absolute atomic E-state index is 12.1. The summed E-state index contributed by atoms with van der Waals surface area (Å²) in [4.78, 5) is 24.7. The molecular weight excluding hydrogens is 232 g/mol. The summed E-state index contributed by atoms with van der Waals surface area (Å²) in [7, 11) is 0. The van der Waals surface area contributed by atoms with Crippen molar-refractivity contribution in [3.8, 4) is 0 Å². The monoisotopic (exact) mass is 256 g/mol. The highest BCUT2D eigenvalue weighted by atomic mass is 16.4. The largest absolute Gasteiger partial charge is 0.481 e. The number of carboxylic acid groups (broad SMARTS) is 1. The van der Waals surface area contributed by atoms with Gasteiger partial charge in [0.25, 0.3) is 0 Å². The Labute approximate surface area is 109 Å². The van der Waals surface area contributed by atoms with E-state index in [4.69, 9.17) is 5.11 Å². The number of likely N-dealkylation sites (tertiary alicyclic amines) is 1. The van der Waals surface area contributed by atoms with Crippen molar-refractivity contribution in [3.05, 3.63) is 0 Å². The zero-order valence-electron chi connectivity index (χ0n) is 11.3. The van der Waals surface area contributed by atoms with Crippen LogP contribution in [0.2, 0.25) is 0 Å². The van der Waals surface area contributed by atoms with Gasteiger partial charge in [-0.2, -0.15) is 0 Å². The number of piperidine rings is 1.